The molecule has 1 aliphatic rings. The molecule has 89 valence electrons. The predicted molar refractivity (Wildman–Crippen MR) is 71.4 cm³/mol. The number of carbonyl (C=O) groups is 1. The Labute approximate surface area is 106 Å². The molecule has 0 spiro atoms. The molecule has 1 radical (unpaired) electrons. The molecule has 0 unspecified atom stereocenters. The van der Waals surface area contributed by atoms with Gasteiger partial charge in [0.2, 0.25) is 0 Å². The van der Waals surface area contributed by atoms with Crippen LogP contribution in [0, 0.1) is 13.8 Å². The highest BCUT2D eigenvalue weighted by atomic mass is 16.2. The number of para-hydroxylation sites is 1. The normalized spacial score (nSPS) is 15.9. The molecule has 0 saturated carbocycles. The van der Waals surface area contributed by atoms with Crippen LogP contribution in [0.5, 0.6) is 0 Å². The maximum absolute atomic E-state index is 11.9. The predicted octanol–water partition coefficient (Wildman–Crippen LogP) is 2.95. The first kappa shape index (κ1) is 10.8. The van der Waals surface area contributed by atoms with Crippen LogP contribution >= 0.6 is 0 Å². The molecule has 1 aromatic carbocycles. The van der Waals surface area contributed by atoms with Gasteiger partial charge in [0, 0.05) is 17.0 Å². The molecular formula is C15H13N2O. The van der Waals surface area contributed by atoms with Gasteiger partial charge in [-0.05, 0) is 37.6 Å². The number of aromatic nitrogens is 1. The lowest BCUT2D eigenvalue weighted by Gasteiger charge is -1.97. The van der Waals surface area contributed by atoms with E-state index in [1.807, 2.05) is 44.2 Å². The first-order chi connectivity index (χ1) is 8.65. The zero-order valence-corrected chi connectivity index (χ0v) is 10.3. The molecule has 2 aromatic rings. The lowest BCUT2D eigenvalue weighted by atomic mass is 10.1. The summed E-state index contributed by atoms with van der Waals surface area (Å²) in [5.74, 6) is -0.164. The number of H-pyrrole nitrogens is 1. The lowest BCUT2D eigenvalue weighted by molar-refractivity contribution is -0.114. The van der Waals surface area contributed by atoms with Crippen LogP contribution in [0.4, 0.5) is 5.69 Å². The molecule has 1 aliphatic heterocycles. The van der Waals surface area contributed by atoms with Crippen molar-refractivity contribution in [2.24, 2.45) is 0 Å². The number of aromatic amines is 1. The zero-order valence-electron chi connectivity index (χ0n) is 10.3. The molecule has 0 saturated heterocycles. The Morgan fingerprint density at radius 1 is 1.22 bits per heavy atom. The molecule has 1 aromatic heterocycles. The highest BCUT2D eigenvalue weighted by Gasteiger charge is 2.25. The van der Waals surface area contributed by atoms with Crippen molar-refractivity contribution in [1.82, 2.24) is 10.3 Å². The first-order valence-corrected chi connectivity index (χ1v) is 5.88. The SMILES string of the molecule is Cc1cc(C)c(/C=C2\C(=O)[N]c3ccccc32)[nH]1. The van der Waals surface area contributed by atoms with Crippen LogP contribution in [0.1, 0.15) is 22.5 Å². The fourth-order valence-corrected chi connectivity index (χ4v) is 2.27. The molecule has 1 N–H and O–H groups in total. The highest BCUT2D eigenvalue weighted by molar-refractivity contribution is 6.30. The molecule has 3 heteroatoms. The summed E-state index contributed by atoms with van der Waals surface area (Å²) in [6, 6.07) is 9.67. The maximum Gasteiger partial charge on any atom is 0.278 e. The van der Waals surface area contributed by atoms with Gasteiger partial charge in [-0.2, -0.15) is 0 Å². The number of fused-ring (bicyclic) bond motifs is 1. The van der Waals surface area contributed by atoms with Gasteiger partial charge in [-0.1, -0.05) is 18.2 Å². The van der Waals surface area contributed by atoms with Crippen LogP contribution in [0.2, 0.25) is 0 Å². The monoisotopic (exact) mass is 237 g/mol. The summed E-state index contributed by atoms with van der Waals surface area (Å²) in [4.78, 5) is 15.2. The average molecular weight is 237 g/mol. The Hall–Kier alpha value is -2.29. The summed E-state index contributed by atoms with van der Waals surface area (Å²) in [5, 5.41) is 4.05. The second-order valence-electron chi connectivity index (χ2n) is 4.54. The largest absolute Gasteiger partial charge is 0.359 e. The molecule has 0 aliphatic carbocycles. The molecule has 3 nitrogen and oxygen atoms in total. The number of hydrogen-bond acceptors (Lipinski definition) is 1. The summed E-state index contributed by atoms with van der Waals surface area (Å²) in [5.41, 5.74) is 5.54. The van der Waals surface area contributed by atoms with E-state index in [0.29, 0.717) is 5.57 Å². The van der Waals surface area contributed by atoms with Crippen LogP contribution in [0.15, 0.2) is 30.3 Å². The topological polar surface area (TPSA) is 47.0 Å². The smallest absolute Gasteiger partial charge is 0.278 e. The molecule has 2 heterocycles. The number of nitrogens with one attached hydrogen (secondary N) is 1. The third kappa shape index (κ3) is 1.64. The second-order valence-corrected chi connectivity index (χ2v) is 4.54. The van der Waals surface area contributed by atoms with Gasteiger partial charge in [-0.3, -0.25) is 4.79 Å². The number of carbonyl (C=O) groups excluding carboxylic acids is 1. The molecule has 1 amide bonds. The van der Waals surface area contributed by atoms with Crippen molar-refractivity contribution >= 4 is 23.2 Å². The second kappa shape index (κ2) is 3.88. The summed E-state index contributed by atoms with van der Waals surface area (Å²) in [6.07, 6.45) is 1.89. The summed E-state index contributed by atoms with van der Waals surface area (Å²) < 4.78 is 0. The lowest BCUT2D eigenvalue weighted by Crippen LogP contribution is -2.02. The van der Waals surface area contributed by atoms with E-state index in [0.717, 1.165) is 28.2 Å². The fraction of sp³-hybridized carbons (Fsp3) is 0.133. The van der Waals surface area contributed by atoms with Crippen molar-refractivity contribution in [3.63, 3.8) is 0 Å². The van der Waals surface area contributed by atoms with E-state index >= 15 is 0 Å². The van der Waals surface area contributed by atoms with Gasteiger partial charge in [0.05, 0.1) is 11.3 Å². The van der Waals surface area contributed by atoms with E-state index in [1.165, 1.54) is 0 Å². The summed E-state index contributed by atoms with van der Waals surface area (Å²) >= 11 is 0. The number of amides is 1. The number of nitrogens with zero attached hydrogens (tertiary/aromatic N) is 1. The van der Waals surface area contributed by atoms with Crippen LogP contribution in [0.3, 0.4) is 0 Å². The summed E-state index contributed by atoms with van der Waals surface area (Å²) in [6.45, 7) is 4.03. The zero-order chi connectivity index (χ0) is 12.7. The molecular weight excluding hydrogens is 224 g/mol. The van der Waals surface area contributed by atoms with Gasteiger partial charge in [0.15, 0.2) is 0 Å². The molecule has 3 rings (SSSR count). The third-order valence-corrected chi connectivity index (χ3v) is 3.12. The first-order valence-electron chi connectivity index (χ1n) is 5.88. The third-order valence-electron chi connectivity index (χ3n) is 3.12. The van der Waals surface area contributed by atoms with E-state index in [2.05, 4.69) is 16.4 Å². The molecule has 18 heavy (non-hydrogen) atoms. The maximum atomic E-state index is 11.9. The van der Waals surface area contributed by atoms with E-state index in [-0.39, 0.29) is 5.91 Å². The van der Waals surface area contributed by atoms with Crippen molar-refractivity contribution in [1.29, 1.82) is 0 Å². The van der Waals surface area contributed by atoms with Crippen LogP contribution in [-0.4, -0.2) is 10.9 Å². The van der Waals surface area contributed by atoms with Gasteiger partial charge < -0.3 is 4.98 Å². The average Bonchev–Trinajstić information content (AvgIpc) is 2.81. The number of rotatable bonds is 1. The Morgan fingerprint density at radius 3 is 2.72 bits per heavy atom. The standard InChI is InChI=1S/C15H13N2O/c1-9-7-10(2)16-14(9)8-12-11-5-3-4-6-13(11)17-15(12)18/h3-8,16H,1-2H3/b12-8-. The molecule has 0 atom stereocenters. The highest BCUT2D eigenvalue weighted by Crippen LogP contribution is 2.33. The Kier molecular flexibility index (Phi) is 2.33. The van der Waals surface area contributed by atoms with Crippen LogP contribution in [0.25, 0.3) is 11.6 Å². The fourth-order valence-electron chi connectivity index (χ4n) is 2.27. The van der Waals surface area contributed by atoms with Crippen molar-refractivity contribution < 1.29 is 4.79 Å². The minimum atomic E-state index is -0.164. The van der Waals surface area contributed by atoms with Gasteiger partial charge in [0.1, 0.15) is 0 Å². The molecule has 0 bridgehead atoms. The van der Waals surface area contributed by atoms with E-state index in [4.69, 9.17) is 0 Å². The summed E-state index contributed by atoms with van der Waals surface area (Å²) in [7, 11) is 0. The van der Waals surface area contributed by atoms with Gasteiger partial charge >= 0.3 is 0 Å². The van der Waals surface area contributed by atoms with Crippen LogP contribution in [-0.2, 0) is 4.79 Å². The quantitative estimate of drug-likeness (QED) is 0.761. The van der Waals surface area contributed by atoms with Gasteiger partial charge in [-0.25, -0.2) is 5.32 Å². The molecule has 0 fully saturated rings. The minimum absolute atomic E-state index is 0.164. The minimum Gasteiger partial charge on any atom is -0.359 e. The van der Waals surface area contributed by atoms with Crippen molar-refractivity contribution in [2.45, 2.75) is 13.8 Å². The number of benzene rings is 1. The number of hydrogen-bond donors (Lipinski definition) is 1. The van der Waals surface area contributed by atoms with Crippen LogP contribution < -0.4 is 5.32 Å². The van der Waals surface area contributed by atoms with Crippen molar-refractivity contribution in [2.75, 3.05) is 0 Å². The van der Waals surface area contributed by atoms with Crippen molar-refractivity contribution in [3.8, 4) is 0 Å². The van der Waals surface area contributed by atoms with E-state index < -0.39 is 0 Å². The Bertz CT molecular complexity index is 665. The Balaban J connectivity index is 2.12. The number of aryl methyl sites for hydroxylation is 2. The van der Waals surface area contributed by atoms with Gasteiger partial charge in [0.25, 0.3) is 5.91 Å². The van der Waals surface area contributed by atoms with E-state index in [1.54, 1.807) is 0 Å². The Morgan fingerprint density at radius 2 is 2.00 bits per heavy atom. The van der Waals surface area contributed by atoms with E-state index in [9.17, 15) is 4.79 Å². The van der Waals surface area contributed by atoms with Gasteiger partial charge in [-0.15, -0.1) is 0 Å². The van der Waals surface area contributed by atoms with Crippen molar-refractivity contribution in [3.05, 3.63) is 52.8 Å².